The number of hydrogen-bond donors (Lipinski definition) is 2. The molecular formula is C16H13N7O2. The third kappa shape index (κ3) is 2.71. The molecule has 0 fully saturated rings. The van der Waals surface area contributed by atoms with Crippen molar-refractivity contribution in [3.8, 4) is 0 Å². The number of carbonyl (C=O) groups is 1. The van der Waals surface area contributed by atoms with Crippen LogP contribution in [-0.2, 0) is 11.3 Å². The highest BCUT2D eigenvalue weighted by atomic mass is 16.2. The molecule has 0 radical (unpaired) electrons. The number of amides is 1. The number of aromatic nitrogens is 6. The number of hydrogen-bond acceptors (Lipinski definition) is 6. The molecule has 0 saturated carbocycles. The summed E-state index contributed by atoms with van der Waals surface area (Å²) in [5, 5.41) is 18.6. The predicted octanol–water partition coefficient (Wildman–Crippen LogP) is 1.01. The van der Waals surface area contributed by atoms with Crippen LogP contribution < -0.4 is 10.9 Å². The van der Waals surface area contributed by atoms with E-state index >= 15 is 0 Å². The number of carbonyl (C=O) groups excluding carboxylic acids is 1. The van der Waals surface area contributed by atoms with Crippen LogP contribution in [0, 0.1) is 6.92 Å². The normalized spacial score (nSPS) is 11.1. The molecule has 0 saturated heterocycles. The van der Waals surface area contributed by atoms with Gasteiger partial charge in [-0.05, 0) is 25.1 Å². The number of aromatic amines is 1. The Hall–Kier alpha value is -3.62. The second-order valence-electron chi connectivity index (χ2n) is 5.56. The molecule has 0 aliphatic carbocycles. The molecule has 9 nitrogen and oxygen atoms in total. The van der Waals surface area contributed by atoms with E-state index in [0.29, 0.717) is 22.2 Å². The molecule has 0 aliphatic rings. The maximum Gasteiger partial charge on any atom is 0.278 e. The number of nitrogens with one attached hydrogen (secondary N) is 2. The fourth-order valence-electron chi connectivity index (χ4n) is 2.55. The number of rotatable bonds is 3. The Bertz CT molecular complexity index is 1160. The van der Waals surface area contributed by atoms with Gasteiger partial charge in [0.15, 0.2) is 5.65 Å². The monoisotopic (exact) mass is 335 g/mol. The Morgan fingerprint density at radius 3 is 3.00 bits per heavy atom. The zero-order chi connectivity index (χ0) is 17.4. The lowest BCUT2D eigenvalue weighted by molar-refractivity contribution is -0.117. The molecule has 2 N–H and O–H groups in total. The summed E-state index contributed by atoms with van der Waals surface area (Å²) in [6.07, 6.45) is 1.51. The van der Waals surface area contributed by atoms with E-state index in [-0.39, 0.29) is 12.1 Å². The van der Waals surface area contributed by atoms with Crippen LogP contribution in [0.25, 0.3) is 21.9 Å². The Morgan fingerprint density at radius 2 is 2.12 bits per heavy atom. The maximum absolute atomic E-state index is 12.4. The lowest BCUT2D eigenvalue weighted by Crippen LogP contribution is -2.30. The SMILES string of the molecule is Cc1[nH]nc2ncc(NC(=O)Cn3nnc4ccccc4c3=O)cc12. The van der Waals surface area contributed by atoms with E-state index < -0.39 is 5.91 Å². The zero-order valence-electron chi connectivity index (χ0n) is 13.2. The molecule has 0 unspecified atom stereocenters. The summed E-state index contributed by atoms with van der Waals surface area (Å²) in [5.41, 5.74) is 2.08. The molecule has 4 rings (SSSR count). The second kappa shape index (κ2) is 5.78. The van der Waals surface area contributed by atoms with E-state index in [1.807, 2.05) is 6.92 Å². The molecule has 0 aliphatic heterocycles. The number of aryl methyl sites for hydroxylation is 1. The molecule has 3 heterocycles. The van der Waals surface area contributed by atoms with Crippen molar-refractivity contribution in [2.24, 2.45) is 0 Å². The molecule has 9 heteroatoms. The third-order valence-electron chi connectivity index (χ3n) is 3.81. The highest BCUT2D eigenvalue weighted by Crippen LogP contribution is 2.17. The molecule has 4 aromatic rings. The van der Waals surface area contributed by atoms with Gasteiger partial charge < -0.3 is 5.32 Å². The fourth-order valence-corrected chi connectivity index (χ4v) is 2.55. The van der Waals surface area contributed by atoms with Crippen molar-refractivity contribution in [3.63, 3.8) is 0 Å². The lowest BCUT2D eigenvalue weighted by Gasteiger charge is -2.06. The van der Waals surface area contributed by atoms with Crippen molar-refractivity contribution in [2.75, 3.05) is 5.32 Å². The Morgan fingerprint density at radius 1 is 1.28 bits per heavy atom. The number of anilines is 1. The van der Waals surface area contributed by atoms with Crippen LogP contribution in [0.15, 0.2) is 41.3 Å². The molecule has 0 bridgehead atoms. The molecule has 1 aromatic carbocycles. The van der Waals surface area contributed by atoms with Crippen molar-refractivity contribution in [1.29, 1.82) is 0 Å². The molecule has 3 aromatic heterocycles. The van der Waals surface area contributed by atoms with Crippen LogP contribution in [0.2, 0.25) is 0 Å². The number of benzene rings is 1. The van der Waals surface area contributed by atoms with Crippen LogP contribution in [0.5, 0.6) is 0 Å². The Kier molecular flexibility index (Phi) is 3.46. The van der Waals surface area contributed by atoms with Gasteiger partial charge in [0.1, 0.15) is 12.1 Å². The summed E-state index contributed by atoms with van der Waals surface area (Å²) in [4.78, 5) is 28.8. The molecule has 0 atom stereocenters. The minimum absolute atomic E-state index is 0.237. The van der Waals surface area contributed by atoms with E-state index in [2.05, 4.69) is 30.8 Å². The number of H-pyrrole nitrogens is 1. The largest absolute Gasteiger partial charge is 0.323 e. The van der Waals surface area contributed by atoms with Crippen molar-refractivity contribution >= 4 is 33.5 Å². The van der Waals surface area contributed by atoms with Gasteiger partial charge in [-0.2, -0.15) is 5.10 Å². The number of pyridine rings is 1. The predicted molar refractivity (Wildman–Crippen MR) is 91.1 cm³/mol. The van der Waals surface area contributed by atoms with Crippen LogP contribution >= 0.6 is 0 Å². The van der Waals surface area contributed by atoms with Crippen LogP contribution in [0.3, 0.4) is 0 Å². The average molecular weight is 335 g/mol. The van der Waals surface area contributed by atoms with Crippen LogP contribution in [0.4, 0.5) is 5.69 Å². The summed E-state index contributed by atoms with van der Waals surface area (Å²) >= 11 is 0. The van der Waals surface area contributed by atoms with Crippen molar-refractivity contribution in [2.45, 2.75) is 13.5 Å². The van der Waals surface area contributed by atoms with E-state index in [4.69, 9.17) is 0 Å². The average Bonchev–Trinajstić information content (AvgIpc) is 2.98. The standard InChI is InChI=1S/C16H13N7O2/c1-9-12-6-10(7-17-15(12)21-19-9)18-14(24)8-23-16(25)11-4-2-3-5-13(11)20-22-23/h2-7H,8H2,1H3,(H,18,24)(H,17,19,21). The second-order valence-corrected chi connectivity index (χ2v) is 5.56. The first-order valence-electron chi connectivity index (χ1n) is 7.55. The summed E-state index contributed by atoms with van der Waals surface area (Å²) in [6.45, 7) is 1.63. The third-order valence-corrected chi connectivity index (χ3v) is 3.81. The van der Waals surface area contributed by atoms with Gasteiger partial charge in [0, 0.05) is 11.1 Å². The van der Waals surface area contributed by atoms with Gasteiger partial charge in [0.05, 0.1) is 17.3 Å². The molecule has 0 spiro atoms. The summed E-state index contributed by atoms with van der Waals surface area (Å²) in [5.74, 6) is -0.394. The zero-order valence-corrected chi connectivity index (χ0v) is 13.2. The van der Waals surface area contributed by atoms with Gasteiger partial charge in [0.25, 0.3) is 5.56 Å². The molecule has 25 heavy (non-hydrogen) atoms. The van der Waals surface area contributed by atoms with Crippen LogP contribution in [0.1, 0.15) is 5.69 Å². The van der Waals surface area contributed by atoms with Crippen LogP contribution in [-0.4, -0.2) is 36.1 Å². The van der Waals surface area contributed by atoms with E-state index in [0.717, 1.165) is 15.8 Å². The highest BCUT2D eigenvalue weighted by molar-refractivity contribution is 5.93. The topological polar surface area (TPSA) is 118 Å². The number of fused-ring (bicyclic) bond motifs is 2. The van der Waals surface area contributed by atoms with Gasteiger partial charge in [-0.15, -0.1) is 5.10 Å². The first-order valence-corrected chi connectivity index (χ1v) is 7.55. The van der Waals surface area contributed by atoms with Gasteiger partial charge >= 0.3 is 0 Å². The van der Waals surface area contributed by atoms with Gasteiger partial charge in [-0.1, -0.05) is 17.3 Å². The summed E-state index contributed by atoms with van der Waals surface area (Å²) in [6, 6.07) is 8.63. The van der Waals surface area contributed by atoms with Crippen molar-refractivity contribution < 1.29 is 4.79 Å². The van der Waals surface area contributed by atoms with E-state index in [1.165, 1.54) is 6.20 Å². The van der Waals surface area contributed by atoms with Crippen molar-refractivity contribution in [1.82, 2.24) is 30.2 Å². The smallest absolute Gasteiger partial charge is 0.278 e. The van der Waals surface area contributed by atoms with Gasteiger partial charge in [-0.3, -0.25) is 14.7 Å². The minimum Gasteiger partial charge on any atom is -0.323 e. The summed E-state index contributed by atoms with van der Waals surface area (Å²) < 4.78 is 1.03. The molecule has 124 valence electrons. The Balaban J connectivity index is 1.58. The van der Waals surface area contributed by atoms with E-state index in [1.54, 1.807) is 30.3 Å². The fraction of sp³-hybridized carbons (Fsp3) is 0.125. The van der Waals surface area contributed by atoms with Gasteiger partial charge in [-0.25, -0.2) is 9.67 Å². The van der Waals surface area contributed by atoms with Gasteiger partial charge in [0.2, 0.25) is 5.91 Å². The van der Waals surface area contributed by atoms with Crippen molar-refractivity contribution in [3.05, 3.63) is 52.6 Å². The summed E-state index contributed by atoms with van der Waals surface area (Å²) in [7, 11) is 0. The quantitative estimate of drug-likeness (QED) is 0.577. The molecule has 1 amide bonds. The maximum atomic E-state index is 12.4. The Labute approximate surface area is 140 Å². The minimum atomic E-state index is -0.394. The molecular weight excluding hydrogens is 322 g/mol. The first-order chi connectivity index (χ1) is 12.1. The lowest BCUT2D eigenvalue weighted by atomic mass is 10.2. The van der Waals surface area contributed by atoms with E-state index in [9.17, 15) is 9.59 Å². The highest BCUT2D eigenvalue weighted by Gasteiger charge is 2.11. The first kappa shape index (κ1) is 14.9. The number of nitrogens with zero attached hydrogens (tertiary/aromatic N) is 5.